The van der Waals surface area contributed by atoms with Crippen LogP contribution >= 0.6 is 0 Å². The van der Waals surface area contributed by atoms with Gasteiger partial charge in [0.1, 0.15) is 0 Å². The van der Waals surface area contributed by atoms with E-state index in [2.05, 4.69) is 72.4 Å². The number of unbranched alkanes of at least 4 members (excludes halogenated alkanes) is 6. The van der Waals surface area contributed by atoms with E-state index in [1.54, 1.807) is 0 Å². The van der Waals surface area contributed by atoms with Crippen LogP contribution in [0, 0.1) is 0 Å². The minimum Gasteiger partial charge on any atom is -0.256 e. The highest BCUT2D eigenvalue weighted by Gasteiger charge is 1.97. The Morgan fingerprint density at radius 3 is 1.21 bits per heavy atom. The summed E-state index contributed by atoms with van der Waals surface area (Å²) < 4.78 is 0. The van der Waals surface area contributed by atoms with Gasteiger partial charge in [-0.1, -0.05) is 101 Å². The van der Waals surface area contributed by atoms with Gasteiger partial charge in [-0.3, -0.25) is 9.98 Å². The molecule has 3 rings (SSSR count). The smallest absolute Gasteiger partial charge is 0.0631 e. The van der Waals surface area contributed by atoms with E-state index in [0.29, 0.717) is 0 Å². The topological polar surface area (TPSA) is 24.7 Å². The molecule has 0 N–H and O–H groups in total. The van der Waals surface area contributed by atoms with Gasteiger partial charge in [-0.05, 0) is 72.2 Å². The zero-order valence-electron chi connectivity index (χ0n) is 21.0. The van der Waals surface area contributed by atoms with Gasteiger partial charge < -0.3 is 0 Å². The molecule has 0 radical (unpaired) electrons. The summed E-state index contributed by atoms with van der Waals surface area (Å²) in [4.78, 5) is 9.24. The highest BCUT2D eigenvalue weighted by atomic mass is 14.7. The quantitative estimate of drug-likeness (QED) is 0.172. The molecular formula is C32H40N2. The second-order valence-corrected chi connectivity index (χ2v) is 9.14. The second-order valence-electron chi connectivity index (χ2n) is 9.14. The molecule has 0 unspecified atom stereocenters. The molecule has 0 saturated carbocycles. The van der Waals surface area contributed by atoms with E-state index in [9.17, 15) is 0 Å². The third kappa shape index (κ3) is 9.47. The lowest BCUT2D eigenvalue weighted by Gasteiger charge is -2.02. The van der Waals surface area contributed by atoms with Crippen LogP contribution in [0.25, 0.3) is 0 Å². The highest BCUT2D eigenvalue weighted by Crippen LogP contribution is 2.19. The van der Waals surface area contributed by atoms with Crippen molar-refractivity contribution in [3.8, 4) is 0 Å². The number of hydrogen-bond donors (Lipinski definition) is 0. The van der Waals surface area contributed by atoms with Crippen molar-refractivity contribution in [2.24, 2.45) is 9.98 Å². The first-order valence-electron chi connectivity index (χ1n) is 13.1. The first-order valence-corrected chi connectivity index (χ1v) is 13.1. The highest BCUT2D eigenvalue weighted by molar-refractivity contribution is 5.83. The molecule has 2 nitrogen and oxygen atoms in total. The number of benzene rings is 3. The van der Waals surface area contributed by atoms with Gasteiger partial charge in [0.2, 0.25) is 0 Å². The molecule has 0 fully saturated rings. The van der Waals surface area contributed by atoms with Crippen molar-refractivity contribution >= 4 is 23.8 Å². The summed E-state index contributed by atoms with van der Waals surface area (Å²) in [6.45, 7) is 4.51. The van der Waals surface area contributed by atoms with Crippen molar-refractivity contribution in [1.82, 2.24) is 0 Å². The molecule has 3 aromatic carbocycles. The third-order valence-corrected chi connectivity index (χ3v) is 6.17. The van der Waals surface area contributed by atoms with Gasteiger partial charge in [-0.15, -0.1) is 0 Å². The molecule has 178 valence electrons. The normalized spacial score (nSPS) is 11.6. The average molecular weight is 453 g/mol. The van der Waals surface area contributed by atoms with Gasteiger partial charge in [0, 0.05) is 12.4 Å². The number of aliphatic imine (C=N–C) groups is 2. The van der Waals surface area contributed by atoms with Crippen molar-refractivity contribution in [2.75, 3.05) is 0 Å². The van der Waals surface area contributed by atoms with Crippen LogP contribution in [0.2, 0.25) is 0 Å². The van der Waals surface area contributed by atoms with Crippen LogP contribution in [0.1, 0.15) is 87.5 Å². The van der Waals surface area contributed by atoms with Gasteiger partial charge in [0.05, 0.1) is 11.4 Å². The fourth-order valence-electron chi connectivity index (χ4n) is 3.98. The average Bonchev–Trinajstić information content (AvgIpc) is 2.89. The Bertz CT molecular complexity index is 912. The third-order valence-electron chi connectivity index (χ3n) is 6.17. The maximum absolute atomic E-state index is 4.62. The van der Waals surface area contributed by atoms with E-state index in [-0.39, 0.29) is 0 Å². The van der Waals surface area contributed by atoms with Crippen LogP contribution in [0.4, 0.5) is 11.4 Å². The fraction of sp³-hybridized carbons (Fsp3) is 0.375. The Morgan fingerprint density at radius 2 is 0.853 bits per heavy atom. The maximum Gasteiger partial charge on any atom is 0.0631 e. The van der Waals surface area contributed by atoms with Crippen molar-refractivity contribution in [3.05, 3.63) is 95.1 Å². The minimum atomic E-state index is 0.940. The molecule has 0 aliphatic rings. The monoisotopic (exact) mass is 452 g/mol. The second kappa shape index (κ2) is 15.0. The Morgan fingerprint density at radius 1 is 0.471 bits per heavy atom. The molecule has 0 heterocycles. The van der Waals surface area contributed by atoms with Crippen LogP contribution in [-0.4, -0.2) is 12.4 Å². The summed E-state index contributed by atoms with van der Waals surface area (Å²) in [6.07, 6.45) is 16.7. The molecular weight excluding hydrogens is 412 g/mol. The lowest BCUT2D eigenvalue weighted by Crippen LogP contribution is -1.87. The Hall–Kier alpha value is -3.00. The lowest BCUT2D eigenvalue weighted by atomic mass is 10.0. The maximum atomic E-state index is 4.62. The molecule has 0 bridgehead atoms. The van der Waals surface area contributed by atoms with Gasteiger partial charge in [0.15, 0.2) is 0 Å². The zero-order chi connectivity index (χ0) is 23.8. The SMILES string of the molecule is CCCCCCc1ccc(C=Nc2ccc(N=Cc3ccc(CCCCCC)cc3)cc2)cc1. The van der Waals surface area contributed by atoms with Gasteiger partial charge in [0.25, 0.3) is 0 Å². The van der Waals surface area contributed by atoms with E-state index in [1.165, 1.54) is 75.3 Å². The van der Waals surface area contributed by atoms with Gasteiger partial charge in [-0.2, -0.15) is 0 Å². The molecule has 0 saturated heterocycles. The summed E-state index contributed by atoms with van der Waals surface area (Å²) in [5.74, 6) is 0. The van der Waals surface area contributed by atoms with E-state index in [4.69, 9.17) is 0 Å². The number of rotatable bonds is 14. The molecule has 2 heteroatoms. The van der Waals surface area contributed by atoms with Crippen molar-refractivity contribution in [2.45, 2.75) is 78.1 Å². The summed E-state index contributed by atoms with van der Waals surface area (Å²) >= 11 is 0. The van der Waals surface area contributed by atoms with E-state index in [0.717, 1.165) is 22.5 Å². The zero-order valence-corrected chi connectivity index (χ0v) is 21.0. The Labute approximate surface area is 206 Å². The minimum absolute atomic E-state index is 0.940. The van der Waals surface area contributed by atoms with Crippen LogP contribution < -0.4 is 0 Å². The molecule has 3 aromatic rings. The largest absolute Gasteiger partial charge is 0.256 e. The summed E-state index contributed by atoms with van der Waals surface area (Å²) in [7, 11) is 0. The Kier molecular flexibility index (Phi) is 11.3. The summed E-state index contributed by atoms with van der Waals surface area (Å²) in [5.41, 5.74) is 6.97. The Balaban J connectivity index is 1.47. The first kappa shape index (κ1) is 25.6. The molecule has 0 amide bonds. The van der Waals surface area contributed by atoms with Crippen molar-refractivity contribution in [3.63, 3.8) is 0 Å². The van der Waals surface area contributed by atoms with Crippen LogP contribution in [-0.2, 0) is 12.8 Å². The number of hydrogen-bond acceptors (Lipinski definition) is 2. The van der Waals surface area contributed by atoms with Crippen LogP contribution in [0.3, 0.4) is 0 Å². The van der Waals surface area contributed by atoms with Crippen LogP contribution in [0.5, 0.6) is 0 Å². The fourth-order valence-corrected chi connectivity index (χ4v) is 3.98. The summed E-state index contributed by atoms with van der Waals surface area (Å²) in [6, 6.07) is 25.6. The first-order chi connectivity index (χ1) is 16.8. The standard InChI is InChI=1S/C32H40N2/c1-3-5-7-9-11-27-13-17-29(18-14-27)25-33-31-21-23-32(24-22-31)34-26-30-19-15-28(16-20-30)12-10-8-6-4-2/h13-26H,3-12H2,1-2H3. The molecule has 0 aliphatic heterocycles. The van der Waals surface area contributed by atoms with E-state index < -0.39 is 0 Å². The number of nitrogens with zero attached hydrogens (tertiary/aromatic N) is 2. The predicted octanol–water partition coefficient (Wildman–Crippen LogP) is 9.43. The molecule has 0 aliphatic carbocycles. The van der Waals surface area contributed by atoms with Crippen molar-refractivity contribution in [1.29, 1.82) is 0 Å². The number of aryl methyl sites for hydroxylation is 2. The van der Waals surface area contributed by atoms with Crippen LogP contribution in [0.15, 0.2) is 82.8 Å². The van der Waals surface area contributed by atoms with Crippen molar-refractivity contribution < 1.29 is 0 Å². The summed E-state index contributed by atoms with van der Waals surface area (Å²) in [5, 5.41) is 0. The molecule has 0 spiro atoms. The van der Waals surface area contributed by atoms with Gasteiger partial charge >= 0.3 is 0 Å². The van der Waals surface area contributed by atoms with E-state index in [1.807, 2.05) is 36.7 Å². The molecule has 34 heavy (non-hydrogen) atoms. The van der Waals surface area contributed by atoms with Gasteiger partial charge in [-0.25, -0.2) is 0 Å². The lowest BCUT2D eigenvalue weighted by molar-refractivity contribution is 0.667. The molecule has 0 atom stereocenters. The predicted molar refractivity (Wildman–Crippen MR) is 150 cm³/mol. The molecule has 0 aromatic heterocycles. The van der Waals surface area contributed by atoms with E-state index >= 15 is 0 Å².